The van der Waals surface area contributed by atoms with Gasteiger partial charge in [0.05, 0.1) is 11.3 Å². The van der Waals surface area contributed by atoms with Gasteiger partial charge in [-0.05, 0) is 42.7 Å². The highest BCUT2D eigenvalue weighted by atomic mass is 19.1. The summed E-state index contributed by atoms with van der Waals surface area (Å²) in [4.78, 5) is 24.0. The van der Waals surface area contributed by atoms with Crippen LogP contribution >= 0.6 is 0 Å². The number of primary amides is 1. The predicted molar refractivity (Wildman–Crippen MR) is 106 cm³/mol. The van der Waals surface area contributed by atoms with Crippen LogP contribution in [-0.2, 0) is 5.41 Å². The van der Waals surface area contributed by atoms with Gasteiger partial charge in [0.2, 0.25) is 5.95 Å². The second-order valence-electron chi connectivity index (χ2n) is 7.36. The Hall–Kier alpha value is -3.62. The number of rotatable bonds is 6. The Balaban J connectivity index is 1.51. The number of benzene rings is 1. The van der Waals surface area contributed by atoms with Crippen LogP contribution in [0.2, 0.25) is 0 Å². The Morgan fingerprint density at radius 1 is 1.20 bits per heavy atom. The summed E-state index contributed by atoms with van der Waals surface area (Å²) in [6.07, 6.45) is 3.93. The highest BCUT2D eigenvalue weighted by Crippen LogP contribution is 2.45. The van der Waals surface area contributed by atoms with Crippen molar-refractivity contribution in [3.8, 4) is 16.9 Å². The summed E-state index contributed by atoms with van der Waals surface area (Å²) in [6.45, 7) is 0.242. The summed E-state index contributed by atoms with van der Waals surface area (Å²) in [7, 11) is 0. The van der Waals surface area contributed by atoms with Crippen LogP contribution in [0.3, 0.4) is 0 Å². The van der Waals surface area contributed by atoms with E-state index in [0.29, 0.717) is 17.1 Å². The quantitative estimate of drug-likeness (QED) is 0.575. The number of aromatic nitrogens is 3. The van der Waals surface area contributed by atoms with Gasteiger partial charge in [-0.3, -0.25) is 9.78 Å². The van der Waals surface area contributed by atoms with Crippen molar-refractivity contribution < 1.29 is 18.7 Å². The molecule has 3 aromatic rings. The minimum Gasteiger partial charge on any atom is -0.507 e. The Labute approximate surface area is 171 Å². The molecule has 1 aliphatic carbocycles. The normalized spacial score (nSPS) is 20.4. The fourth-order valence-corrected chi connectivity index (χ4v) is 3.72. The molecule has 0 aliphatic heterocycles. The van der Waals surface area contributed by atoms with Gasteiger partial charge >= 0.3 is 0 Å². The summed E-state index contributed by atoms with van der Waals surface area (Å²) < 4.78 is 27.9. The molecule has 1 saturated carbocycles. The Morgan fingerprint density at radius 2 is 1.93 bits per heavy atom. The fourth-order valence-electron chi connectivity index (χ4n) is 3.72. The van der Waals surface area contributed by atoms with E-state index >= 15 is 0 Å². The molecule has 0 radical (unpaired) electrons. The Morgan fingerprint density at radius 3 is 2.57 bits per heavy atom. The summed E-state index contributed by atoms with van der Waals surface area (Å²) in [6, 6.07) is 7.26. The van der Waals surface area contributed by atoms with Gasteiger partial charge in [-0.1, -0.05) is 6.07 Å². The van der Waals surface area contributed by atoms with Crippen LogP contribution in [0.1, 0.15) is 28.9 Å². The molecule has 0 saturated heterocycles. The maximum Gasteiger partial charge on any atom is 0.252 e. The third-order valence-electron chi connectivity index (χ3n) is 5.32. The predicted octanol–water partition coefficient (Wildman–Crippen LogP) is 2.96. The van der Waals surface area contributed by atoms with Gasteiger partial charge in [-0.15, -0.1) is 0 Å². The summed E-state index contributed by atoms with van der Waals surface area (Å²) in [5, 5.41) is 12.7. The molecule has 4 rings (SSSR count). The van der Waals surface area contributed by atoms with Gasteiger partial charge < -0.3 is 16.2 Å². The molecule has 0 unspecified atom stereocenters. The van der Waals surface area contributed by atoms with Crippen molar-refractivity contribution in [3.63, 3.8) is 0 Å². The number of nitrogens with one attached hydrogen (secondary N) is 1. The first kappa shape index (κ1) is 19.7. The molecule has 0 bridgehead atoms. The van der Waals surface area contributed by atoms with Crippen LogP contribution in [0.15, 0.2) is 48.9 Å². The van der Waals surface area contributed by atoms with Crippen LogP contribution in [0.25, 0.3) is 11.1 Å². The van der Waals surface area contributed by atoms with Crippen molar-refractivity contribution in [1.29, 1.82) is 0 Å². The molecule has 30 heavy (non-hydrogen) atoms. The highest BCUT2D eigenvalue weighted by molar-refractivity contribution is 5.96. The first-order valence-electron chi connectivity index (χ1n) is 9.32. The molecule has 4 N–H and O–H groups in total. The number of alkyl halides is 1. The zero-order valence-corrected chi connectivity index (χ0v) is 15.8. The average Bonchev–Trinajstić information content (AvgIpc) is 2.71. The van der Waals surface area contributed by atoms with Gasteiger partial charge in [-0.2, -0.15) is 0 Å². The van der Waals surface area contributed by atoms with E-state index in [-0.39, 0.29) is 36.4 Å². The number of phenols is 1. The van der Waals surface area contributed by atoms with Crippen molar-refractivity contribution in [1.82, 2.24) is 15.0 Å². The number of aromatic hydroxyl groups is 1. The maximum atomic E-state index is 14.2. The lowest BCUT2D eigenvalue weighted by molar-refractivity contribution is 0.0963. The molecular formula is C21H19F2N5O2. The zero-order chi connectivity index (χ0) is 21.3. The summed E-state index contributed by atoms with van der Waals surface area (Å²) >= 11 is 0. The topological polar surface area (TPSA) is 114 Å². The van der Waals surface area contributed by atoms with Gasteiger partial charge in [0.25, 0.3) is 5.91 Å². The molecular weight excluding hydrogens is 392 g/mol. The van der Waals surface area contributed by atoms with E-state index in [2.05, 4.69) is 20.3 Å². The minimum atomic E-state index is -0.995. The third-order valence-corrected chi connectivity index (χ3v) is 5.32. The number of pyridine rings is 1. The Bertz CT molecular complexity index is 1090. The van der Waals surface area contributed by atoms with Crippen molar-refractivity contribution >= 4 is 11.9 Å². The second kappa shape index (κ2) is 7.66. The number of hydrogen-bond donors (Lipinski definition) is 3. The molecule has 2 heterocycles. The van der Waals surface area contributed by atoms with Gasteiger partial charge in [0.15, 0.2) is 0 Å². The zero-order valence-electron chi connectivity index (χ0n) is 15.8. The van der Waals surface area contributed by atoms with Gasteiger partial charge in [0.1, 0.15) is 17.7 Å². The number of hydrogen-bond acceptors (Lipinski definition) is 6. The van der Waals surface area contributed by atoms with Crippen LogP contribution in [0.5, 0.6) is 5.75 Å². The summed E-state index contributed by atoms with van der Waals surface area (Å²) in [5.74, 6) is -1.11. The lowest BCUT2D eigenvalue weighted by Gasteiger charge is -2.43. The number of amides is 1. The molecule has 9 heteroatoms. The first-order chi connectivity index (χ1) is 14.4. The van der Waals surface area contributed by atoms with Crippen LogP contribution < -0.4 is 11.1 Å². The Kier molecular flexibility index (Phi) is 5.03. The molecule has 1 fully saturated rings. The molecule has 1 aromatic carbocycles. The first-order valence-corrected chi connectivity index (χ1v) is 9.32. The molecule has 154 valence electrons. The average molecular weight is 411 g/mol. The monoisotopic (exact) mass is 411 g/mol. The number of nitrogens with two attached hydrogens (primary N) is 1. The maximum absolute atomic E-state index is 14.2. The lowest BCUT2D eigenvalue weighted by Crippen LogP contribution is -2.49. The SMILES string of the molecule is NC(=O)c1cc(-c2cnc(NC[C@]3(c4ncccc4F)C[C@H](F)C3)nc2)ccc1O. The van der Waals surface area contributed by atoms with E-state index in [1.165, 1.54) is 30.5 Å². The lowest BCUT2D eigenvalue weighted by atomic mass is 9.65. The number of anilines is 1. The van der Waals surface area contributed by atoms with Crippen molar-refractivity contribution in [2.24, 2.45) is 5.73 Å². The smallest absolute Gasteiger partial charge is 0.252 e. The van der Waals surface area contributed by atoms with Gasteiger partial charge in [0, 0.05) is 36.1 Å². The van der Waals surface area contributed by atoms with E-state index in [9.17, 15) is 18.7 Å². The second-order valence-corrected chi connectivity index (χ2v) is 7.36. The summed E-state index contributed by atoms with van der Waals surface area (Å²) in [5.41, 5.74) is 5.97. The minimum absolute atomic E-state index is 0.000193. The number of nitrogens with zero attached hydrogens (tertiary/aromatic N) is 3. The van der Waals surface area contributed by atoms with E-state index in [0.717, 1.165) is 0 Å². The van der Waals surface area contributed by atoms with Crippen molar-refractivity contribution in [3.05, 3.63) is 66.0 Å². The van der Waals surface area contributed by atoms with Crippen molar-refractivity contribution in [2.75, 3.05) is 11.9 Å². The van der Waals surface area contributed by atoms with Crippen molar-refractivity contribution in [2.45, 2.75) is 24.4 Å². The van der Waals surface area contributed by atoms with Crippen LogP contribution in [0.4, 0.5) is 14.7 Å². The van der Waals surface area contributed by atoms with E-state index in [1.807, 2.05) is 0 Å². The number of carbonyl (C=O) groups is 1. The highest BCUT2D eigenvalue weighted by Gasteiger charge is 2.48. The van der Waals surface area contributed by atoms with E-state index in [4.69, 9.17) is 5.73 Å². The van der Waals surface area contributed by atoms with Crippen LogP contribution in [-0.4, -0.2) is 38.7 Å². The van der Waals surface area contributed by atoms with Gasteiger partial charge in [-0.25, -0.2) is 18.7 Å². The number of halogens is 2. The standard InChI is InChI=1S/C21H19F2N5O2/c22-14-7-21(8-14,18-16(23)2-1-5-25-18)11-28-20-26-9-13(10-27-20)12-3-4-17(29)15(6-12)19(24)30/h1-6,9-10,14,29H,7-8,11H2,(H2,24,30)(H,26,27,28)/t14-,21-. The molecule has 0 atom stereocenters. The van der Waals surface area contributed by atoms with E-state index < -0.39 is 23.3 Å². The molecule has 7 nitrogen and oxygen atoms in total. The molecule has 2 aromatic heterocycles. The van der Waals surface area contributed by atoms with E-state index in [1.54, 1.807) is 18.5 Å². The third kappa shape index (κ3) is 3.66. The number of carbonyl (C=O) groups excluding carboxylic acids is 1. The largest absolute Gasteiger partial charge is 0.507 e. The molecule has 1 aliphatic rings. The fraction of sp³-hybridized carbons (Fsp3) is 0.238. The molecule has 0 spiro atoms. The molecule has 1 amide bonds. The van der Waals surface area contributed by atoms with Crippen LogP contribution in [0, 0.1) is 5.82 Å².